The standard InChI is InChI=1S/C29H25NO6/c1-2-35-24(31)16-18-8-11-22(12-9-18)30-26(19-6-4-3-5-7-19)25(28(33)29(30)34)27(32)21-10-13-23-20(17-21)14-15-36-23/h3-13,17,26,32H,2,14-16H2,1H3/b27-25-. The van der Waals surface area contributed by atoms with E-state index in [9.17, 15) is 19.5 Å². The number of fused-ring (bicyclic) bond motifs is 1. The Bertz CT molecular complexity index is 1360. The molecule has 182 valence electrons. The maximum Gasteiger partial charge on any atom is 0.310 e. The number of nitrogens with zero attached hydrogens (tertiary/aromatic N) is 1. The summed E-state index contributed by atoms with van der Waals surface area (Å²) in [4.78, 5) is 39.9. The maximum atomic E-state index is 13.3. The zero-order valence-corrected chi connectivity index (χ0v) is 19.8. The van der Waals surface area contributed by atoms with Gasteiger partial charge in [0.2, 0.25) is 0 Å². The van der Waals surface area contributed by atoms with Crippen LogP contribution in [0.2, 0.25) is 0 Å². The van der Waals surface area contributed by atoms with Crippen molar-refractivity contribution in [1.82, 2.24) is 0 Å². The maximum absolute atomic E-state index is 13.3. The van der Waals surface area contributed by atoms with Gasteiger partial charge in [0, 0.05) is 17.7 Å². The molecule has 2 heterocycles. The fraction of sp³-hybridized carbons (Fsp3) is 0.207. The number of Topliss-reactive ketones (excluding diaryl/α,β-unsaturated/α-hetero) is 1. The van der Waals surface area contributed by atoms with Crippen molar-refractivity contribution < 1.29 is 29.0 Å². The van der Waals surface area contributed by atoms with E-state index in [4.69, 9.17) is 9.47 Å². The monoisotopic (exact) mass is 483 g/mol. The van der Waals surface area contributed by atoms with Crippen LogP contribution >= 0.6 is 0 Å². The molecule has 7 nitrogen and oxygen atoms in total. The molecule has 2 aliphatic heterocycles. The Kier molecular flexibility index (Phi) is 6.29. The smallest absolute Gasteiger partial charge is 0.310 e. The SMILES string of the molecule is CCOC(=O)Cc1ccc(N2C(=O)C(=O)/C(=C(\O)c3ccc4c(c3)CCO4)C2c2ccccc2)cc1. The second-order valence-corrected chi connectivity index (χ2v) is 8.65. The third kappa shape index (κ3) is 4.24. The minimum atomic E-state index is -0.813. The largest absolute Gasteiger partial charge is 0.507 e. The first kappa shape index (κ1) is 23.4. The van der Waals surface area contributed by atoms with Crippen LogP contribution in [0.3, 0.4) is 0 Å². The van der Waals surface area contributed by atoms with Gasteiger partial charge in [0.25, 0.3) is 11.7 Å². The molecular formula is C29H25NO6. The van der Waals surface area contributed by atoms with Gasteiger partial charge in [-0.1, -0.05) is 42.5 Å². The molecular weight excluding hydrogens is 458 g/mol. The summed E-state index contributed by atoms with van der Waals surface area (Å²) in [5.41, 5.74) is 3.34. The lowest BCUT2D eigenvalue weighted by atomic mass is 9.94. The predicted octanol–water partition coefficient (Wildman–Crippen LogP) is 4.35. The zero-order valence-electron chi connectivity index (χ0n) is 19.8. The van der Waals surface area contributed by atoms with Crippen LogP contribution in [0.4, 0.5) is 5.69 Å². The van der Waals surface area contributed by atoms with Crippen molar-refractivity contribution >= 4 is 29.1 Å². The summed E-state index contributed by atoms with van der Waals surface area (Å²) in [6.45, 7) is 2.62. The lowest BCUT2D eigenvalue weighted by Crippen LogP contribution is -2.29. The van der Waals surface area contributed by atoms with Gasteiger partial charge in [-0.3, -0.25) is 19.3 Å². The highest BCUT2D eigenvalue weighted by Gasteiger charge is 2.47. The number of hydrogen-bond acceptors (Lipinski definition) is 6. The van der Waals surface area contributed by atoms with Crippen LogP contribution in [0.15, 0.2) is 78.4 Å². The van der Waals surface area contributed by atoms with Gasteiger partial charge in [-0.15, -0.1) is 0 Å². The number of hydrogen-bond donors (Lipinski definition) is 1. The first-order chi connectivity index (χ1) is 17.5. The van der Waals surface area contributed by atoms with Crippen molar-refractivity contribution in [3.8, 4) is 5.75 Å². The highest BCUT2D eigenvalue weighted by atomic mass is 16.5. The Labute approximate surface area is 208 Å². The molecule has 2 aliphatic rings. The average Bonchev–Trinajstić information content (AvgIpc) is 3.47. The molecule has 1 unspecified atom stereocenters. The second-order valence-electron chi connectivity index (χ2n) is 8.65. The van der Waals surface area contributed by atoms with Crippen molar-refractivity contribution in [2.45, 2.75) is 25.8 Å². The first-order valence-electron chi connectivity index (χ1n) is 11.8. The van der Waals surface area contributed by atoms with Gasteiger partial charge in [0.05, 0.1) is 31.2 Å². The number of carbonyl (C=O) groups is 3. The minimum Gasteiger partial charge on any atom is -0.507 e. The van der Waals surface area contributed by atoms with E-state index in [2.05, 4.69) is 0 Å². The van der Waals surface area contributed by atoms with Gasteiger partial charge in [-0.25, -0.2) is 0 Å². The normalized spacial score (nSPS) is 18.1. The van der Waals surface area contributed by atoms with Gasteiger partial charge in [-0.2, -0.15) is 0 Å². The fourth-order valence-corrected chi connectivity index (χ4v) is 4.69. The Morgan fingerprint density at radius 1 is 1.06 bits per heavy atom. The Morgan fingerprint density at radius 2 is 1.81 bits per heavy atom. The molecule has 1 N–H and O–H groups in total. The summed E-state index contributed by atoms with van der Waals surface area (Å²) in [6.07, 6.45) is 0.822. The summed E-state index contributed by atoms with van der Waals surface area (Å²) in [6, 6.07) is 20.4. The van der Waals surface area contributed by atoms with E-state index in [1.165, 1.54) is 4.90 Å². The van der Waals surface area contributed by atoms with Crippen molar-refractivity contribution in [3.63, 3.8) is 0 Å². The van der Waals surface area contributed by atoms with E-state index in [1.54, 1.807) is 49.4 Å². The van der Waals surface area contributed by atoms with Crippen LogP contribution in [-0.4, -0.2) is 36.0 Å². The van der Waals surface area contributed by atoms with E-state index < -0.39 is 17.7 Å². The Morgan fingerprint density at radius 3 is 2.53 bits per heavy atom. The number of carbonyl (C=O) groups excluding carboxylic acids is 3. The predicted molar refractivity (Wildman–Crippen MR) is 134 cm³/mol. The number of ketones is 1. The molecule has 1 saturated heterocycles. The number of anilines is 1. The van der Waals surface area contributed by atoms with Gasteiger partial charge in [0.15, 0.2) is 0 Å². The quantitative estimate of drug-likeness (QED) is 0.243. The fourth-order valence-electron chi connectivity index (χ4n) is 4.69. The molecule has 1 fully saturated rings. The lowest BCUT2D eigenvalue weighted by Gasteiger charge is -2.25. The van der Waals surface area contributed by atoms with Crippen LogP contribution in [0.5, 0.6) is 5.75 Å². The summed E-state index contributed by atoms with van der Waals surface area (Å²) in [5.74, 6) is -1.29. The molecule has 0 aromatic heterocycles. The Hall–Kier alpha value is -4.39. The number of amides is 1. The number of aliphatic hydroxyl groups is 1. The molecule has 3 aromatic rings. The number of ether oxygens (including phenoxy) is 2. The molecule has 0 bridgehead atoms. The van der Waals surface area contributed by atoms with Crippen LogP contribution in [0.25, 0.3) is 5.76 Å². The average molecular weight is 484 g/mol. The van der Waals surface area contributed by atoms with E-state index in [1.807, 2.05) is 30.3 Å². The summed E-state index contributed by atoms with van der Waals surface area (Å²) in [7, 11) is 0. The van der Waals surface area contributed by atoms with Crippen LogP contribution in [0, 0.1) is 0 Å². The number of esters is 1. The van der Waals surface area contributed by atoms with E-state index >= 15 is 0 Å². The molecule has 1 amide bonds. The zero-order chi connectivity index (χ0) is 25.2. The molecule has 5 rings (SSSR count). The molecule has 36 heavy (non-hydrogen) atoms. The highest BCUT2D eigenvalue weighted by molar-refractivity contribution is 6.51. The summed E-state index contributed by atoms with van der Waals surface area (Å²) in [5, 5.41) is 11.3. The van der Waals surface area contributed by atoms with Crippen LogP contribution < -0.4 is 9.64 Å². The lowest BCUT2D eigenvalue weighted by molar-refractivity contribution is -0.142. The molecule has 7 heteroatoms. The molecule has 0 aliphatic carbocycles. The second kappa shape index (κ2) is 9.70. The van der Waals surface area contributed by atoms with Crippen LogP contribution in [0.1, 0.15) is 35.2 Å². The molecule has 1 atom stereocenters. The van der Waals surface area contributed by atoms with Gasteiger partial charge in [0.1, 0.15) is 11.5 Å². The molecule has 0 saturated carbocycles. The molecule has 0 spiro atoms. The van der Waals surface area contributed by atoms with Crippen molar-refractivity contribution in [2.75, 3.05) is 18.1 Å². The van der Waals surface area contributed by atoms with Gasteiger partial charge < -0.3 is 14.6 Å². The number of rotatable bonds is 6. The van der Waals surface area contributed by atoms with Crippen molar-refractivity contribution in [3.05, 3.63) is 101 Å². The highest BCUT2D eigenvalue weighted by Crippen LogP contribution is 2.42. The van der Waals surface area contributed by atoms with E-state index in [-0.39, 0.29) is 23.7 Å². The van der Waals surface area contributed by atoms with Crippen molar-refractivity contribution in [2.24, 2.45) is 0 Å². The molecule has 0 radical (unpaired) electrons. The van der Waals surface area contributed by atoms with E-state index in [0.717, 1.165) is 16.9 Å². The topological polar surface area (TPSA) is 93.1 Å². The third-order valence-corrected chi connectivity index (χ3v) is 6.39. The van der Waals surface area contributed by atoms with Gasteiger partial charge >= 0.3 is 5.97 Å². The van der Waals surface area contributed by atoms with Gasteiger partial charge in [-0.05, 0) is 53.9 Å². The molecule has 3 aromatic carbocycles. The minimum absolute atomic E-state index is 0.0284. The van der Waals surface area contributed by atoms with Crippen LogP contribution in [-0.2, 0) is 32.0 Å². The summed E-state index contributed by atoms with van der Waals surface area (Å²) < 4.78 is 10.6. The summed E-state index contributed by atoms with van der Waals surface area (Å²) >= 11 is 0. The first-order valence-corrected chi connectivity index (χ1v) is 11.8. The van der Waals surface area contributed by atoms with Crippen molar-refractivity contribution in [1.29, 1.82) is 0 Å². The van der Waals surface area contributed by atoms with E-state index in [0.29, 0.717) is 36.4 Å². The third-order valence-electron chi connectivity index (χ3n) is 6.39. The number of benzene rings is 3. The number of aliphatic hydroxyl groups excluding tert-OH is 1. The Balaban J connectivity index is 1.57.